The summed E-state index contributed by atoms with van der Waals surface area (Å²) in [5.41, 5.74) is 33.0. The Morgan fingerprint density at radius 3 is 0.861 bits per heavy atom. The van der Waals surface area contributed by atoms with Gasteiger partial charge >= 0.3 is 0 Å². The first-order valence-electron chi connectivity index (χ1n) is 11.7. The molecule has 0 saturated heterocycles. The molecule has 178 valence electrons. The number of rotatable bonds is 6. The van der Waals surface area contributed by atoms with Crippen LogP contribution in [0.1, 0.15) is 0 Å². The van der Waals surface area contributed by atoms with Crippen molar-refractivity contribution in [1.82, 2.24) is 0 Å². The second-order valence-corrected chi connectivity index (χ2v) is 8.68. The van der Waals surface area contributed by atoms with E-state index in [-0.39, 0.29) is 0 Å². The number of hydrogen-bond acceptors (Lipinski definition) is 5. The van der Waals surface area contributed by atoms with Gasteiger partial charge in [0, 0.05) is 76.2 Å². The molecule has 6 nitrogen and oxygen atoms in total. The van der Waals surface area contributed by atoms with Crippen LogP contribution in [0.3, 0.4) is 0 Å². The van der Waals surface area contributed by atoms with Crippen molar-refractivity contribution in [1.29, 1.82) is 0 Å². The Balaban J connectivity index is 1.57. The fraction of sp³-hybridized carbons (Fsp3) is 0. The van der Waals surface area contributed by atoms with Crippen molar-refractivity contribution in [3.63, 3.8) is 0 Å². The molecule has 5 aromatic carbocycles. The van der Waals surface area contributed by atoms with Gasteiger partial charge in [-0.3, -0.25) is 0 Å². The Morgan fingerprint density at radius 1 is 0.333 bits per heavy atom. The lowest BCUT2D eigenvalue weighted by Crippen LogP contribution is -2.96. The van der Waals surface area contributed by atoms with E-state index < -0.39 is 0 Å². The highest BCUT2D eigenvalue weighted by Gasteiger charge is 2.20. The molecule has 0 fully saturated rings. The third-order valence-electron chi connectivity index (χ3n) is 6.12. The van der Waals surface area contributed by atoms with E-state index in [1.807, 2.05) is 97.1 Å². The van der Waals surface area contributed by atoms with Crippen molar-refractivity contribution in [2.24, 2.45) is 0 Å². The molecule has 0 aliphatic rings. The standard InChI is InChI=1S/C30H28N6/c31-21-1-9-25(10-2-21)35(26-11-3-22(32)4-12-26)29-17-19-30(20-18-29)36(27-13-5-23(33)6-14-27)28-15-7-24(34)8-16-28/h1-20H,31-34H2/p+1. The summed E-state index contributed by atoms with van der Waals surface area (Å²) in [6.07, 6.45) is 0. The van der Waals surface area contributed by atoms with Crippen LogP contribution < -0.4 is 32.7 Å². The van der Waals surface area contributed by atoms with Gasteiger partial charge in [0.2, 0.25) is 0 Å². The first-order valence-corrected chi connectivity index (χ1v) is 11.7. The van der Waals surface area contributed by atoms with E-state index in [1.54, 1.807) is 0 Å². The van der Waals surface area contributed by atoms with Gasteiger partial charge < -0.3 is 27.8 Å². The van der Waals surface area contributed by atoms with Crippen LogP contribution >= 0.6 is 0 Å². The Morgan fingerprint density at radius 2 is 0.556 bits per heavy atom. The third kappa shape index (κ3) is 4.80. The maximum absolute atomic E-state index is 5.96. The predicted molar refractivity (Wildman–Crippen MR) is 152 cm³/mol. The summed E-state index contributed by atoms with van der Waals surface area (Å²) in [5, 5.41) is 0. The van der Waals surface area contributed by atoms with Crippen LogP contribution in [-0.2, 0) is 0 Å². The van der Waals surface area contributed by atoms with Crippen molar-refractivity contribution in [2.45, 2.75) is 0 Å². The summed E-state index contributed by atoms with van der Waals surface area (Å²) in [7, 11) is 0. The highest BCUT2D eigenvalue weighted by molar-refractivity contribution is 5.78. The zero-order valence-corrected chi connectivity index (χ0v) is 19.8. The summed E-state index contributed by atoms with van der Waals surface area (Å²) in [6.45, 7) is 0. The number of nitrogens with one attached hydrogen (secondary N) is 1. The molecule has 36 heavy (non-hydrogen) atoms. The lowest BCUT2D eigenvalue weighted by atomic mass is 10.1. The van der Waals surface area contributed by atoms with E-state index >= 15 is 0 Å². The molecule has 0 aliphatic carbocycles. The fourth-order valence-corrected chi connectivity index (χ4v) is 4.27. The number of nitrogens with zero attached hydrogens (tertiary/aromatic N) is 1. The van der Waals surface area contributed by atoms with Crippen LogP contribution in [0.5, 0.6) is 0 Å². The van der Waals surface area contributed by atoms with Crippen molar-refractivity contribution in [3.8, 4) is 0 Å². The molecule has 0 atom stereocenters. The number of hydrogen-bond donors (Lipinski definition) is 5. The monoisotopic (exact) mass is 473 g/mol. The van der Waals surface area contributed by atoms with Gasteiger partial charge in [0.05, 0.1) is 0 Å². The molecule has 0 unspecified atom stereocenters. The minimum Gasteiger partial charge on any atom is -0.399 e. The highest BCUT2D eigenvalue weighted by atomic mass is 15.2. The molecule has 0 heterocycles. The molecule has 0 aliphatic heterocycles. The first-order chi connectivity index (χ1) is 17.5. The maximum Gasteiger partial charge on any atom is 0.141 e. The molecule has 0 bridgehead atoms. The van der Waals surface area contributed by atoms with Crippen LogP contribution in [0, 0.1) is 0 Å². The van der Waals surface area contributed by atoms with Gasteiger partial charge in [0.1, 0.15) is 17.1 Å². The molecule has 0 spiro atoms. The van der Waals surface area contributed by atoms with Crippen LogP contribution in [0.25, 0.3) is 0 Å². The molecule has 9 N–H and O–H groups in total. The molecular weight excluding hydrogens is 444 g/mol. The Labute approximate surface area is 211 Å². The fourth-order valence-electron chi connectivity index (χ4n) is 4.27. The molecule has 0 saturated carbocycles. The zero-order valence-electron chi connectivity index (χ0n) is 19.8. The van der Waals surface area contributed by atoms with Crippen LogP contribution in [0.4, 0.5) is 56.9 Å². The van der Waals surface area contributed by atoms with Crippen molar-refractivity contribution in [2.75, 3.05) is 27.8 Å². The van der Waals surface area contributed by atoms with Gasteiger partial charge in [-0.25, -0.2) is 4.90 Å². The van der Waals surface area contributed by atoms with E-state index in [4.69, 9.17) is 22.9 Å². The normalized spacial score (nSPS) is 10.9. The minimum atomic E-state index is 0.720. The molecular formula is C30H29N6+. The molecule has 5 rings (SSSR count). The molecule has 0 radical (unpaired) electrons. The van der Waals surface area contributed by atoms with Gasteiger partial charge in [0.15, 0.2) is 0 Å². The maximum atomic E-state index is 5.96. The smallest absolute Gasteiger partial charge is 0.141 e. The quantitative estimate of drug-likeness (QED) is 0.204. The van der Waals surface area contributed by atoms with Crippen LogP contribution in [0.15, 0.2) is 121 Å². The predicted octanol–water partition coefficient (Wildman–Crippen LogP) is 5.67. The van der Waals surface area contributed by atoms with Crippen molar-refractivity contribution >= 4 is 56.9 Å². The second kappa shape index (κ2) is 9.74. The Bertz CT molecular complexity index is 1220. The lowest BCUT2D eigenvalue weighted by Gasteiger charge is -2.26. The SMILES string of the molecule is Nc1ccc(N(c2ccc(N)cc2)c2ccc([NH+](c3ccc(N)cc3)c3ccc(N)cc3)cc2)cc1. The lowest BCUT2D eigenvalue weighted by molar-refractivity contribution is -0.681. The minimum absolute atomic E-state index is 0.720. The zero-order chi connectivity index (χ0) is 25.1. The molecule has 6 heteroatoms. The summed E-state index contributed by atoms with van der Waals surface area (Å²) in [5.74, 6) is 0. The van der Waals surface area contributed by atoms with E-state index in [9.17, 15) is 0 Å². The number of anilines is 7. The Hall–Kier alpha value is -4.94. The third-order valence-corrected chi connectivity index (χ3v) is 6.12. The summed E-state index contributed by atoms with van der Waals surface area (Å²) in [4.78, 5) is 3.28. The van der Waals surface area contributed by atoms with Gasteiger partial charge in [0.25, 0.3) is 0 Å². The number of nitrogen functional groups attached to an aromatic ring is 4. The van der Waals surface area contributed by atoms with Gasteiger partial charge in [-0.05, 0) is 84.9 Å². The van der Waals surface area contributed by atoms with Crippen molar-refractivity contribution in [3.05, 3.63) is 121 Å². The van der Waals surface area contributed by atoms with Gasteiger partial charge in [-0.1, -0.05) is 0 Å². The molecule has 0 amide bonds. The number of quaternary nitrogens is 1. The van der Waals surface area contributed by atoms with Crippen LogP contribution in [-0.4, -0.2) is 0 Å². The Kier molecular flexibility index (Phi) is 6.18. The van der Waals surface area contributed by atoms with E-state index in [1.165, 1.54) is 0 Å². The second-order valence-electron chi connectivity index (χ2n) is 8.68. The highest BCUT2D eigenvalue weighted by Crippen LogP contribution is 2.35. The molecule has 0 aromatic heterocycles. The number of benzene rings is 5. The summed E-state index contributed by atoms with van der Waals surface area (Å²) >= 11 is 0. The first kappa shape index (κ1) is 22.8. The summed E-state index contributed by atoms with van der Waals surface area (Å²) < 4.78 is 0. The average Bonchev–Trinajstić information content (AvgIpc) is 2.90. The van der Waals surface area contributed by atoms with E-state index in [2.05, 4.69) is 29.2 Å². The number of nitrogens with two attached hydrogens (primary N) is 4. The van der Waals surface area contributed by atoms with Crippen molar-refractivity contribution < 1.29 is 4.90 Å². The molecule has 5 aromatic rings. The van der Waals surface area contributed by atoms with Gasteiger partial charge in [-0.2, -0.15) is 0 Å². The topological polar surface area (TPSA) is 112 Å². The average molecular weight is 474 g/mol. The van der Waals surface area contributed by atoms with E-state index in [0.717, 1.165) is 61.8 Å². The van der Waals surface area contributed by atoms with E-state index in [0.29, 0.717) is 0 Å². The largest absolute Gasteiger partial charge is 0.399 e. The van der Waals surface area contributed by atoms with Crippen LogP contribution in [0.2, 0.25) is 0 Å². The van der Waals surface area contributed by atoms with Gasteiger partial charge in [-0.15, -0.1) is 0 Å². The summed E-state index contributed by atoms with van der Waals surface area (Å²) in [6, 6.07) is 40.1.